The van der Waals surface area contributed by atoms with Crippen molar-refractivity contribution >= 4 is 11.7 Å². The lowest BCUT2D eigenvalue weighted by Crippen LogP contribution is -2.16. The van der Waals surface area contributed by atoms with Gasteiger partial charge in [0.1, 0.15) is 0 Å². The Morgan fingerprint density at radius 3 is 2.24 bits per heavy atom. The summed E-state index contributed by atoms with van der Waals surface area (Å²) in [5.41, 5.74) is 0.0539. The fraction of sp³-hybridized carbons (Fsp3) is 0.200. The van der Waals surface area contributed by atoms with Crippen LogP contribution in [0.15, 0.2) is 42.6 Å². The summed E-state index contributed by atoms with van der Waals surface area (Å²) in [6.45, 7) is -0.683. The van der Waals surface area contributed by atoms with Crippen LogP contribution >= 0.6 is 0 Å². The van der Waals surface area contributed by atoms with Crippen molar-refractivity contribution in [1.29, 1.82) is 0 Å². The molecule has 2 unspecified atom stereocenters. The number of rotatable bonds is 5. The topological polar surface area (TPSA) is 46.9 Å². The van der Waals surface area contributed by atoms with Gasteiger partial charge in [0.15, 0.2) is 29.1 Å². The molecule has 29 heavy (non-hydrogen) atoms. The molecule has 1 amide bonds. The Bertz CT molecular complexity index is 1050. The van der Waals surface area contributed by atoms with Gasteiger partial charge in [-0.15, -0.1) is 0 Å². The highest BCUT2D eigenvalue weighted by Gasteiger charge is 2.44. The maximum Gasteiger partial charge on any atom is 0.229 e. The van der Waals surface area contributed by atoms with Crippen LogP contribution < -0.4 is 5.32 Å². The van der Waals surface area contributed by atoms with E-state index in [0.717, 1.165) is 10.2 Å². The zero-order valence-electron chi connectivity index (χ0n) is 14.8. The van der Waals surface area contributed by atoms with Crippen molar-refractivity contribution in [2.45, 2.75) is 18.9 Å². The van der Waals surface area contributed by atoms with E-state index in [0.29, 0.717) is 6.42 Å². The molecule has 1 aliphatic carbocycles. The van der Waals surface area contributed by atoms with Crippen molar-refractivity contribution < 1.29 is 26.7 Å². The van der Waals surface area contributed by atoms with Crippen molar-refractivity contribution in [2.24, 2.45) is 5.92 Å². The molecule has 4 nitrogen and oxygen atoms in total. The van der Waals surface area contributed by atoms with Crippen molar-refractivity contribution in [1.82, 2.24) is 9.78 Å². The number of hydrogen-bond donors (Lipinski definition) is 1. The van der Waals surface area contributed by atoms with Crippen LogP contribution in [-0.4, -0.2) is 15.7 Å². The molecule has 1 heterocycles. The summed E-state index contributed by atoms with van der Waals surface area (Å²) in [7, 11) is 0. The lowest BCUT2D eigenvalue weighted by atomic mass is 10.1. The average Bonchev–Trinajstić information content (AvgIpc) is 3.43. The van der Waals surface area contributed by atoms with E-state index in [1.807, 2.05) is 30.3 Å². The Labute approximate surface area is 162 Å². The number of nitrogens with one attached hydrogen (secondary N) is 1. The van der Waals surface area contributed by atoms with E-state index >= 15 is 0 Å². The van der Waals surface area contributed by atoms with Crippen LogP contribution in [-0.2, 0) is 11.3 Å². The van der Waals surface area contributed by atoms with Crippen LogP contribution in [0.4, 0.5) is 27.8 Å². The standard InChI is InChI=1S/C20H14F5N3O/c21-15-13(16(22)18(24)19(25)17(15)23)9-28-7-6-14(27-28)26-20(29)12-8-11(12)10-4-2-1-3-5-10/h1-7,11-12H,8-9H2,(H,26,27,29). The second-order valence-corrected chi connectivity index (χ2v) is 6.80. The third-order valence-electron chi connectivity index (χ3n) is 4.87. The molecule has 1 fully saturated rings. The van der Waals surface area contributed by atoms with E-state index in [4.69, 9.17) is 0 Å². The number of halogens is 5. The Kier molecular flexibility index (Phi) is 4.81. The summed E-state index contributed by atoms with van der Waals surface area (Å²) in [5.74, 6) is -10.3. The number of aromatic nitrogens is 2. The summed E-state index contributed by atoms with van der Waals surface area (Å²) in [6.07, 6.45) is 1.97. The maximum atomic E-state index is 13.8. The van der Waals surface area contributed by atoms with E-state index in [2.05, 4.69) is 10.4 Å². The monoisotopic (exact) mass is 407 g/mol. The highest BCUT2D eigenvalue weighted by molar-refractivity contribution is 5.94. The molecule has 150 valence electrons. The third kappa shape index (κ3) is 3.59. The Balaban J connectivity index is 1.44. The lowest BCUT2D eigenvalue weighted by molar-refractivity contribution is -0.117. The molecule has 0 aliphatic heterocycles. The molecular formula is C20H14F5N3O. The van der Waals surface area contributed by atoms with Gasteiger partial charge in [-0.2, -0.15) is 5.10 Å². The normalized spacial score (nSPS) is 18.0. The minimum atomic E-state index is -2.21. The maximum absolute atomic E-state index is 13.8. The molecule has 1 saturated carbocycles. The molecule has 1 aromatic heterocycles. The number of hydrogen-bond acceptors (Lipinski definition) is 2. The van der Waals surface area contributed by atoms with Gasteiger partial charge in [-0.05, 0) is 17.9 Å². The lowest BCUT2D eigenvalue weighted by Gasteiger charge is -2.08. The Morgan fingerprint density at radius 1 is 0.966 bits per heavy atom. The van der Waals surface area contributed by atoms with Gasteiger partial charge in [0.2, 0.25) is 11.7 Å². The van der Waals surface area contributed by atoms with Crippen LogP contribution in [0.25, 0.3) is 0 Å². The number of nitrogens with zero attached hydrogens (tertiary/aromatic N) is 2. The van der Waals surface area contributed by atoms with Crippen LogP contribution in [0.5, 0.6) is 0 Å². The molecule has 4 rings (SSSR count). The smallest absolute Gasteiger partial charge is 0.229 e. The van der Waals surface area contributed by atoms with Crippen molar-refractivity contribution in [3.05, 3.63) is 82.8 Å². The highest BCUT2D eigenvalue weighted by Crippen LogP contribution is 2.47. The van der Waals surface area contributed by atoms with Crippen LogP contribution in [0, 0.1) is 35.0 Å². The van der Waals surface area contributed by atoms with Crippen LogP contribution in [0.2, 0.25) is 0 Å². The number of anilines is 1. The van der Waals surface area contributed by atoms with Gasteiger partial charge >= 0.3 is 0 Å². The van der Waals surface area contributed by atoms with E-state index < -0.39 is 41.2 Å². The molecule has 0 spiro atoms. The zero-order chi connectivity index (χ0) is 20.7. The molecule has 0 saturated heterocycles. The summed E-state index contributed by atoms with van der Waals surface area (Å²) >= 11 is 0. The second-order valence-electron chi connectivity index (χ2n) is 6.80. The first-order chi connectivity index (χ1) is 13.9. The van der Waals surface area contributed by atoms with Gasteiger partial charge < -0.3 is 5.32 Å². The van der Waals surface area contributed by atoms with Crippen molar-refractivity contribution in [3.8, 4) is 0 Å². The average molecular weight is 407 g/mol. The molecular weight excluding hydrogens is 393 g/mol. The van der Waals surface area contributed by atoms with Gasteiger partial charge in [-0.3, -0.25) is 9.48 Å². The van der Waals surface area contributed by atoms with E-state index in [9.17, 15) is 26.7 Å². The predicted octanol–water partition coefficient (Wildman–Crippen LogP) is 4.37. The van der Waals surface area contributed by atoms with Crippen molar-refractivity contribution in [2.75, 3.05) is 5.32 Å². The van der Waals surface area contributed by atoms with Gasteiger partial charge in [0, 0.05) is 18.2 Å². The molecule has 1 N–H and O–H groups in total. The van der Waals surface area contributed by atoms with Gasteiger partial charge in [0.25, 0.3) is 0 Å². The fourth-order valence-electron chi connectivity index (χ4n) is 3.24. The fourth-order valence-corrected chi connectivity index (χ4v) is 3.24. The first-order valence-corrected chi connectivity index (χ1v) is 8.76. The first-order valence-electron chi connectivity index (χ1n) is 8.76. The summed E-state index contributed by atoms with van der Waals surface area (Å²) in [6, 6.07) is 10.9. The molecule has 0 bridgehead atoms. The predicted molar refractivity (Wildman–Crippen MR) is 93.5 cm³/mol. The van der Waals surface area contributed by atoms with Crippen molar-refractivity contribution in [3.63, 3.8) is 0 Å². The minimum Gasteiger partial charge on any atom is -0.309 e. The van der Waals surface area contributed by atoms with E-state index in [-0.39, 0.29) is 23.6 Å². The largest absolute Gasteiger partial charge is 0.309 e. The summed E-state index contributed by atoms with van der Waals surface area (Å²) < 4.78 is 68.3. The zero-order valence-corrected chi connectivity index (χ0v) is 14.8. The third-order valence-corrected chi connectivity index (χ3v) is 4.87. The summed E-state index contributed by atoms with van der Waals surface area (Å²) in [4.78, 5) is 12.3. The van der Waals surface area contributed by atoms with Crippen LogP contribution in [0.1, 0.15) is 23.5 Å². The SMILES string of the molecule is O=C(Nc1ccn(Cc2c(F)c(F)c(F)c(F)c2F)n1)C1CC1c1ccccc1. The molecule has 0 radical (unpaired) electrons. The number of amides is 1. The van der Waals surface area contributed by atoms with Gasteiger partial charge in [0.05, 0.1) is 12.1 Å². The minimum absolute atomic E-state index is 0.117. The Hall–Kier alpha value is -3.23. The second kappa shape index (κ2) is 7.31. The molecule has 3 aromatic rings. The summed E-state index contributed by atoms with van der Waals surface area (Å²) in [5, 5.41) is 6.53. The van der Waals surface area contributed by atoms with Gasteiger partial charge in [-0.25, -0.2) is 22.0 Å². The van der Waals surface area contributed by atoms with Crippen LogP contribution in [0.3, 0.4) is 0 Å². The highest BCUT2D eigenvalue weighted by atomic mass is 19.2. The molecule has 2 aromatic carbocycles. The molecule has 1 aliphatic rings. The van der Waals surface area contributed by atoms with E-state index in [1.54, 1.807) is 0 Å². The van der Waals surface area contributed by atoms with E-state index in [1.165, 1.54) is 12.3 Å². The number of carbonyl (C=O) groups is 1. The number of carbonyl (C=O) groups excluding carboxylic acids is 1. The van der Waals surface area contributed by atoms with Gasteiger partial charge in [-0.1, -0.05) is 30.3 Å². The molecule has 2 atom stereocenters. The molecule has 9 heteroatoms. The first kappa shape index (κ1) is 19.1. The Morgan fingerprint density at radius 2 is 1.59 bits per heavy atom. The number of benzene rings is 2. The quantitative estimate of drug-likeness (QED) is 0.388.